The Morgan fingerprint density at radius 1 is 1.14 bits per heavy atom. The fraction of sp³-hybridized carbons (Fsp3) is 0.500. The quantitative estimate of drug-likeness (QED) is 0.876. The molecule has 1 saturated carbocycles. The van der Waals surface area contributed by atoms with Crippen molar-refractivity contribution < 1.29 is 14.7 Å². The molecule has 1 fully saturated rings. The fourth-order valence-electron chi connectivity index (χ4n) is 3.08. The predicted octanol–water partition coefficient (Wildman–Crippen LogP) is 2.15. The van der Waals surface area contributed by atoms with Crippen LogP contribution < -0.4 is 5.32 Å². The number of hydrogen-bond acceptors (Lipinski definition) is 2. The van der Waals surface area contributed by atoms with Crippen molar-refractivity contribution in [3.05, 3.63) is 35.4 Å². The molecule has 112 valence electrons. The van der Waals surface area contributed by atoms with Crippen molar-refractivity contribution in [1.29, 1.82) is 0 Å². The number of carboxylic acid groups (broad SMARTS) is 1. The van der Waals surface area contributed by atoms with Gasteiger partial charge in [0, 0.05) is 13.1 Å². The summed E-state index contributed by atoms with van der Waals surface area (Å²) in [5.41, 5.74) is 1.40. The van der Waals surface area contributed by atoms with Crippen LogP contribution in [0.5, 0.6) is 0 Å². The van der Waals surface area contributed by atoms with Gasteiger partial charge in [-0.1, -0.05) is 24.3 Å². The summed E-state index contributed by atoms with van der Waals surface area (Å²) < 4.78 is 0. The van der Waals surface area contributed by atoms with Crippen LogP contribution in [0.2, 0.25) is 0 Å². The summed E-state index contributed by atoms with van der Waals surface area (Å²) in [5.74, 6) is -0.919. The third kappa shape index (κ3) is 2.60. The van der Waals surface area contributed by atoms with Crippen molar-refractivity contribution >= 4 is 12.0 Å². The Bertz CT molecular complexity index is 566. The summed E-state index contributed by atoms with van der Waals surface area (Å²) in [7, 11) is 0. The molecule has 0 spiro atoms. The Balaban J connectivity index is 1.72. The highest BCUT2D eigenvalue weighted by Gasteiger charge is 2.46. The maximum absolute atomic E-state index is 12.4. The lowest BCUT2D eigenvalue weighted by atomic mass is 9.77. The molecule has 0 aromatic heterocycles. The Kier molecular flexibility index (Phi) is 3.57. The number of hydrogen-bond donors (Lipinski definition) is 2. The lowest BCUT2D eigenvalue weighted by Crippen LogP contribution is -2.61. The molecule has 0 bridgehead atoms. The van der Waals surface area contributed by atoms with Crippen LogP contribution in [0.3, 0.4) is 0 Å². The zero-order valence-electron chi connectivity index (χ0n) is 12.0. The fourth-order valence-corrected chi connectivity index (χ4v) is 3.08. The number of nitrogens with one attached hydrogen (secondary N) is 1. The SMILES string of the molecule is O=C(NC1(C(=O)O)CCC1)N1CCCc2ccccc2C1. The first-order chi connectivity index (χ1) is 10.1. The lowest BCUT2D eigenvalue weighted by molar-refractivity contribution is -0.148. The zero-order chi connectivity index (χ0) is 14.9. The Hall–Kier alpha value is -2.04. The van der Waals surface area contributed by atoms with E-state index < -0.39 is 11.5 Å². The second-order valence-electron chi connectivity index (χ2n) is 5.96. The van der Waals surface area contributed by atoms with Crippen LogP contribution in [0.4, 0.5) is 4.79 Å². The molecule has 2 N–H and O–H groups in total. The van der Waals surface area contributed by atoms with Crippen LogP contribution in [0.1, 0.15) is 36.8 Å². The summed E-state index contributed by atoms with van der Waals surface area (Å²) in [6, 6.07) is 7.88. The number of fused-ring (bicyclic) bond motifs is 1. The highest BCUT2D eigenvalue weighted by Crippen LogP contribution is 2.32. The number of benzene rings is 1. The van der Waals surface area contributed by atoms with Gasteiger partial charge in [-0.05, 0) is 43.2 Å². The number of amides is 2. The van der Waals surface area contributed by atoms with E-state index in [2.05, 4.69) is 11.4 Å². The summed E-state index contributed by atoms with van der Waals surface area (Å²) >= 11 is 0. The van der Waals surface area contributed by atoms with Crippen molar-refractivity contribution in [3.8, 4) is 0 Å². The summed E-state index contributed by atoms with van der Waals surface area (Å²) in [6.07, 6.45) is 3.78. The van der Waals surface area contributed by atoms with E-state index in [9.17, 15) is 14.7 Å². The molecule has 1 aromatic rings. The van der Waals surface area contributed by atoms with Gasteiger partial charge in [0.25, 0.3) is 0 Å². The number of carbonyl (C=O) groups is 2. The van der Waals surface area contributed by atoms with E-state index in [4.69, 9.17) is 0 Å². The molecule has 1 aliphatic carbocycles. The van der Waals surface area contributed by atoms with Gasteiger partial charge in [-0.15, -0.1) is 0 Å². The average Bonchev–Trinajstić information content (AvgIpc) is 2.64. The summed E-state index contributed by atoms with van der Waals surface area (Å²) in [6.45, 7) is 1.22. The molecule has 0 saturated heterocycles. The van der Waals surface area contributed by atoms with E-state index in [0.717, 1.165) is 24.8 Å². The van der Waals surface area contributed by atoms with Gasteiger partial charge in [0.2, 0.25) is 0 Å². The van der Waals surface area contributed by atoms with Crippen LogP contribution in [-0.4, -0.2) is 34.1 Å². The maximum atomic E-state index is 12.4. The van der Waals surface area contributed by atoms with E-state index in [1.165, 1.54) is 5.56 Å². The number of aryl methyl sites for hydroxylation is 1. The van der Waals surface area contributed by atoms with Gasteiger partial charge >= 0.3 is 12.0 Å². The Labute approximate surface area is 123 Å². The van der Waals surface area contributed by atoms with Crippen molar-refractivity contribution in [1.82, 2.24) is 10.2 Å². The number of carbonyl (C=O) groups excluding carboxylic acids is 1. The predicted molar refractivity (Wildman–Crippen MR) is 77.9 cm³/mol. The summed E-state index contributed by atoms with van der Waals surface area (Å²) in [4.78, 5) is 25.5. The van der Waals surface area contributed by atoms with E-state index in [1.54, 1.807) is 4.90 Å². The van der Waals surface area contributed by atoms with Crippen molar-refractivity contribution in [2.75, 3.05) is 6.54 Å². The smallest absolute Gasteiger partial charge is 0.329 e. The van der Waals surface area contributed by atoms with Gasteiger partial charge in [0.05, 0.1) is 0 Å². The third-order valence-electron chi connectivity index (χ3n) is 4.60. The van der Waals surface area contributed by atoms with Crippen LogP contribution >= 0.6 is 0 Å². The van der Waals surface area contributed by atoms with E-state index in [0.29, 0.717) is 25.9 Å². The van der Waals surface area contributed by atoms with Crippen LogP contribution in [-0.2, 0) is 17.8 Å². The Morgan fingerprint density at radius 3 is 2.48 bits per heavy atom. The lowest BCUT2D eigenvalue weighted by Gasteiger charge is -2.39. The first-order valence-corrected chi connectivity index (χ1v) is 7.48. The first kappa shape index (κ1) is 13.9. The van der Waals surface area contributed by atoms with E-state index >= 15 is 0 Å². The van der Waals surface area contributed by atoms with Crippen molar-refractivity contribution in [2.45, 2.75) is 44.2 Å². The topological polar surface area (TPSA) is 69.6 Å². The van der Waals surface area contributed by atoms with Gasteiger partial charge in [0.1, 0.15) is 5.54 Å². The molecule has 0 unspecified atom stereocenters. The zero-order valence-corrected chi connectivity index (χ0v) is 12.0. The molecule has 5 nitrogen and oxygen atoms in total. The molecule has 3 rings (SSSR count). The number of rotatable bonds is 2. The standard InChI is InChI=1S/C16H20N2O3/c19-14(20)16(8-4-9-16)17-15(21)18-10-3-7-12-5-1-2-6-13(12)11-18/h1-2,5-6H,3-4,7-11H2,(H,17,21)(H,19,20). The van der Waals surface area contributed by atoms with Gasteiger partial charge in [0.15, 0.2) is 0 Å². The largest absolute Gasteiger partial charge is 0.480 e. The highest BCUT2D eigenvalue weighted by molar-refractivity contribution is 5.87. The molecule has 5 heteroatoms. The second kappa shape index (κ2) is 5.39. The minimum atomic E-state index is -1.04. The van der Waals surface area contributed by atoms with Crippen LogP contribution in [0, 0.1) is 0 Å². The molecule has 21 heavy (non-hydrogen) atoms. The van der Waals surface area contributed by atoms with Crippen LogP contribution in [0.25, 0.3) is 0 Å². The van der Waals surface area contributed by atoms with E-state index in [1.807, 2.05) is 18.2 Å². The molecular formula is C16H20N2O3. The third-order valence-corrected chi connectivity index (χ3v) is 4.60. The van der Waals surface area contributed by atoms with Gasteiger partial charge in [-0.2, -0.15) is 0 Å². The van der Waals surface area contributed by atoms with Gasteiger partial charge < -0.3 is 15.3 Å². The van der Waals surface area contributed by atoms with E-state index in [-0.39, 0.29) is 6.03 Å². The first-order valence-electron chi connectivity index (χ1n) is 7.48. The van der Waals surface area contributed by atoms with Crippen molar-refractivity contribution in [3.63, 3.8) is 0 Å². The molecule has 1 aliphatic heterocycles. The minimum absolute atomic E-state index is 0.256. The highest BCUT2D eigenvalue weighted by atomic mass is 16.4. The normalized spacial score (nSPS) is 19.9. The molecule has 1 heterocycles. The summed E-state index contributed by atoms with van der Waals surface area (Å²) in [5, 5.41) is 12.1. The number of nitrogens with zero attached hydrogens (tertiary/aromatic N) is 1. The van der Waals surface area contributed by atoms with Crippen LogP contribution in [0.15, 0.2) is 24.3 Å². The Morgan fingerprint density at radius 2 is 1.86 bits per heavy atom. The number of urea groups is 1. The molecule has 0 radical (unpaired) electrons. The van der Waals surface area contributed by atoms with Crippen molar-refractivity contribution in [2.24, 2.45) is 0 Å². The molecular weight excluding hydrogens is 268 g/mol. The average molecular weight is 288 g/mol. The molecule has 2 aliphatic rings. The molecule has 1 aromatic carbocycles. The maximum Gasteiger partial charge on any atom is 0.329 e. The number of carboxylic acids is 1. The molecule has 0 atom stereocenters. The van der Waals surface area contributed by atoms with Gasteiger partial charge in [-0.25, -0.2) is 9.59 Å². The number of aliphatic carboxylic acids is 1. The minimum Gasteiger partial charge on any atom is -0.480 e. The van der Waals surface area contributed by atoms with Gasteiger partial charge in [-0.3, -0.25) is 0 Å². The second-order valence-corrected chi connectivity index (χ2v) is 5.96. The molecule has 2 amide bonds. The monoisotopic (exact) mass is 288 g/mol.